The van der Waals surface area contributed by atoms with Crippen LogP contribution in [-0.4, -0.2) is 28.9 Å². The molecule has 0 aromatic carbocycles. The van der Waals surface area contributed by atoms with E-state index in [4.69, 9.17) is 5.73 Å². The van der Waals surface area contributed by atoms with Crippen molar-refractivity contribution in [2.75, 3.05) is 18.1 Å². The number of nitrogens with zero attached hydrogens (tertiary/aromatic N) is 1. The van der Waals surface area contributed by atoms with Crippen molar-refractivity contribution in [3.05, 3.63) is 30.1 Å². The van der Waals surface area contributed by atoms with Gasteiger partial charge in [0.05, 0.1) is 18.0 Å². The van der Waals surface area contributed by atoms with E-state index in [2.05, 4.69) is 10.3 Å². The molecule has 0 aliphatic carbocycles. The maximum absolute atomic E-state index is 11.3. The Morgan fingerprint density at radius 3 is 3.07 bits per heavy atom. The monoisotopic (exact) mass is 225 g/mol. The van der Waals surface area contributed by atoms with Crippen molar-refractivity contribution in [2.24, 2.45) is 5.73 Å². The minimum Gasteiger partial charge on any atom is -0.350 e. The van der Waals surface area contributed by atoms with Gasteiger partial charge in [-0.05, 0) is 12.1 Å². The molecule has 0 radical (unpaired) electrons. The van der Waals surface area contributed by atoms with Crippen molar-refractivity contribution in [3.63, 3.8) is 0 Å². The Labute approximate surface area is 93.7 Å². The predicted octanol–water partition coefficient (Wildman–Crippen LogP) is 0.390. The van der Waals surface area contributed by atoms with Gasteiger partial charge in [-0.3, -0.25) is 9.78 Å². The summed E-state index contributed by atoms with van der Waals surface area (Å²) in [6.45, 7) is 1.10. The molecule has 3 N–H and O–H groups in total. The van der Waals surface area contributed by atoms with Crippen LogP contribution in [0.3, 0.4) is 0 Å². The van der Waals surface area contributed by atoms with Gasteiger partial charge in [-0.25, -0.2) is 0 Å². The Bertz CT molecular complexity index is 292. The summed E-state index contributed by atoms with van der Waals surface area (Å²) in [6, 6.07) is 5.63. The highest BCUT2D eigenvalue weighted by atomic mass is 32.2. The van der Waals surface area contributed by atoms with Crippen molar-refractivity contribution in [3.8, 4) is 0 Å². The fourth-order valence-corrected chi connectivity index (χ4v) is 1.59. The molecule has 0 fully saturated rings. The highest BCUT2D eigenvalue weighted by molar-refractivity contribution is 7.99. The van der Waals surface area contributed by atoms with Gasteiger partial charge in [0.1, 0.15) is 0 Å². The second-order valence-corrected chi connectivity index (χ2v) is 4.04. The van der Waals surface area contributed by atoms with Gasteiger partial charge in [-0.15, -0.1) is 0 Å². The molecule has 0 aliphatic heterocycles. The summed E-state index contributed by atoms with van der Waals surface area (Å²) in [5.74, 6) is 1.31. The number of pyridine rings is 1. The van der Waals surface area contributed by atoms with Gasteiger partial charge in [-0.1, -0.05) is 6.07 Å². The van der Waals surface area contributed by atoms with E-state index < -0.39 is 0 Å². The summed E-state index contributed by atoms with van der Waals surface area (Å²) < 4.78 is 0. The Morgan fingerprint density at radius 1 is 1.53 bits per heavy atom. The van der Waals surface area contributed by atoms with Gasteiger partial charge < -0.3 is 11.1 Å². The number of aromatic nitrogens is 1. The topological polar surface area (TPSA) is 68.0 Å². The number of hydrogen-bond donors (Lipinski definition) is 2. The summed E-state index contributed by atoms with van der Waals surface area (Å²) in [5, 5.41) is 2.79. The molecule has 1 amide bonds. The molecule has 1 rings (SSSR count). The van der Waals surface area contributed by atoms with E-state index in [0.717, 1.165) is 11.4 Å². The number of nitrogens with one attached hydrogen (secondary N) is 1. The first-order valence-corrected chi connectivity index (χ1v) is 5.93. The minimum atomic E-state index is 0.0269. The van der Waals surface area contributed by atoms with Crippen LogP contribution in [0.2, 0.25) is 0 Å². The van der Waals surface area contributed by atoms with Crippen LogP contribution in [0.5, 0.6) is 0 Å². The molecule has 4 nitrogen and oxygen atoms in total. The summed E-state index contributed by atoms with van der Waals surface area (Å²) >= 11 is 1.54. The van der Waals surface area contributed by atoms with Crippen LogP contribution in [0.1, 0.15) is 5.69 Å². The third-order valence-corrected chi connectivity index (χ3v) is 2.68. The summed E-state index contributed by atoms with van der Waals surface area (Å²) in [6.07, 6.45) is 1.71. The molecular formula is C10H15N3OS. The van der Waals surface area contributed by atoms with E-state index in [1.54, 1.807) is 6.20 Å². The summed E-state index contributed by atoms with van der Waals surface area (Å²) in [7, 11) is 0. The number of nitrogens with two attached hydrogens (primary N) is 1. The van der Waals surface area contributed by atoms with Crippen molar-refractivity contribution >= 4 is 17.7 Å². The van der Waals surface area contributed by atoms with Crippen LogP contribution in [0, 0.1) is 0 Å². The Balaban J connectivity index is 2.17. The van der Waals surface area contributed by atoms with Gasteiger partial charge >= 0.3 is 0 Å². The maximum atomic E-state index is 11.3. The molecular weight excluding hydrogens is 210 g/mol. The lowest BCUT2D eigenvalue weighted by Crippen LogP contribution is -2.25. The quantitative estimate of drug-likeness (QED) is 0.687. The fraction of sp³-hybridized carbons (Fsp3) is 0.400. The van der Waals surface area contributed by atoms with Crippen molar-refractivity contribution < 1.29 is 4.79 Å². The lowest BCUT2D eigenvalue weighted by molar-refractivity contribution is -0.118. The van der Waals surface area contributed by atoms with Crippen LogP contribution >= 0.6 is 11.8 Å². The summed E-state index contributed by atoms with van der Waals surface area (Å²) in [4.78, 5) is 15.4. The lowest BCUT2D eigenvalue weighted by Gasteiger charge is -2.03. The lowest BCUT2D eigenvalue weighted by atomic mass is 10.3. The van der Waals surface area contributed by atoms with Crippen molar-refractivity contribution in [1.82, 2.24) is 10.3 Å². The normalized spacial score (nSPS) is 9.93. The molecule has 82 valence electrons. The smallest absolute Gasteiger partial charge is 0.230 e. The van der Waals surface area contributed by atoms with E-state index in [1.807, 2.05) is 18.2 Å². The van der Waals surface area contributed by atoms with E-state index in [0.29, 0.717) is 18.8 Å². The standard InChI is InChI=1S/C10H15N3OS/c11-4-6-15-8-10(14)13-7-9-3-1-2-5-12-9/h1-3,5H,4,6-8,11H2,(H,13,14). The number of hydrogen-bond acceptors (Lipinski definition) is 4. The fourth-order valence-electron chi connectivity index (χ4n) is 0.991. The van der Waals surface area contributed by atoms with Crippen LogP contribution in [0.15, 0.2) is 24.4 Å². The van der Waals surface area contributed by atoms with Gasteiger partial charge in [-0.2, -0.15) is 11.8 Å². The van der Waals surface area contributed by atoms with Gasteiger partial charge in [0.15, 0.2) is 0 Å². The molecule has 0 spiro atoms. The number of rotatable bonds is 6. The van der Waals surface area contributed by atoms with Crippen LogP contribution in [0.4, 0.5) is 0 Å². The third-order valence-electron chi connectivity index (χ3n) is 1.69. The zero-order valence-electron chi connectivity index (χ0n) is 8.48. The molecule has 0 saturated carbocycles. The average Bonchev–Trinajstić information content (AvgIpc) is 2.28. The van der Waals surface area contributed by atoms with Gasteiger partial charge in [0.25, 0.3) is 0 Å². The molecule has 1 aromatic rings. The zero-order chi connectivity index (χ0) is 10.9. The van der Waals surface area contributed by atoms with E-state index in [9.17, 15) is 4.79 Å². The van der Waals surface area contributed by atoms with Crippen molar-refractivity contribution in [1.29, 1.82) is 0 Å². The highest BCUT2D eigenvalue weighted by Gasteiger charge is 2.00. The largest absolute Gasteiger partial charge is 0.350 e. The van der Waals surface area contributed by atoms with E-state index in [1.165, 1.54) is 11.8 Å². The third kappa shape index (κ3) is 5.39. The SMILES string of the molecule is NCCSCC(=O)NCc1ccccn1. The average molecular weight is 225 g/mol. The number of carbonyl (C=O) groups excluding carboxylic acids is 1. The molecule has 1 heterocycles. The molecule has 0 atom stereocenters. The Hall–Kier alpha value is -1.07. The molecule has 0 saturated heterocycles. The van der Waals surface area contributed by atoms with E-state index in [-0.39, 0.29) is 5.91 Å². The highest BCUT2D eigenvalue weighted by Crippen LogP contribution is 1.97. The zero-order valence-corrected chi connectivity index (χ0v) is 9.30. The van der Waals surface area contributed by atoms with Crippen LogP contribution < -0.4 is 11.1 Å². The number of amides is 1. The predicted molar refractivity (Wildman–Crippen MR) is 62.5 cm³/mol. The molecule has 15 heavy (non-hydrogen) atoms. The minimum absolute atomic E-state index is 0.0269. The first-order valence-electron chi connectivity index (χ1n) is 4.77. The van der Waals surface area contributed by atoms with Gasteiger partial charge in [0, 0.05) is 18.5 Å². The molecule has 0 unspecified atom stereocenters. The number of thioether (sulfide) groups is 1. The van der Waals surface area contributed by atoms with Gasteiger partial charge in [0.2, 0.25) is 5.91 Å². The molecule has 0 aliphatic rings. The second-order valence-electron chi connectivity index (χ2n) is 2.94. The van der Waals surface area contributed by atoms with Crippen LogP contribution in [-0.2, 0) is 11.3 Å². The Morgan fingerprint density at radius 2 is 2.40 bits per heavy atom. The van der Waals surface area contributed by atoms with Crippen molar-refractivity contribution in [2.45, 2.75) is 6.54 Å². The first-order chi connectivity index (χ1) is 7.33. The second kappa shape index (κ2) is 7.25. The molecule has 0 bridgehead atoms. The first kappa shape index (κ1) is 12.0. The Kier molecular flexibility index (Phi) is 5.80. The maximum Gasteiger partial charge on any atom is 0.230 e. The van der Waals surface area contributed by atoms with Crippen LogP contribution in [0.25, 0.3) is 0 Å². The molecule has 1 aromatic heterocycles. The van der Waals surface area contributed by atoms with E-state index >= 15 is 0 Å². The number of carbonyl (C=O) groups is 1. The summed E-state index contributed by atoms with van der Waals surface area (Å²) in [5.41, 5.74) is 6.19. The molecule has 5 heteroatoms.